The number of carbonyl (C=O) groups is 1. The van der Waals surface area contributed by atoms with Gasteiger partial charge in [-0.1, -0.05) is 23.8 Å². The van der Waals surface area contributed by atoms with Gasteiger partial charge < -0.3 is 0 Å². The molecule has 2 aromatic rings. The Bertz CT molecular complexity index is 1000. The lowest BCUT2D eigenvalue weighted by molar-refractivity contribution is 0.0955. The Labute approximate surface area is 166 Å². The first-order valence-electron chi connectivity index (χ1n) is 9.30. The predicted molar refractivity (Wildman–Crippen MR) is 110 cm³/mol. The van der Waals surface area contributed by atoms with Crippen molar-refractivity contribution in [1.82, 2.24) is 9.73 Å². The molecule has 1 saturated heterocycles. The molecule has 3 rings (SSSR count). The SMILES string of the molecule is Cc1cc(C)c(C=NNC(=O)c2cccc(S(=O)(=O)N3CCCC3)c2)c(C)c1. The molecular formula is C21H25N3O3S. The van der Waals surface area contributed by atoms with E-state index in [2.05, 4.69) is 22.7 Å². The van der Waals surface area contributed by atoms with Gasteiger partial charge >= 0.3 is 0 Å². The maximum atomic E-state index is 12.7. The van der Waals surface area contributed by atoms with Gasteiger partial charge in [0.05, 0.1) is 11.1 Å². The highest BCUT2D eigenvalue weighted by atomic mass is 32.2. The summed E-state index contributed by atoms with van der Waals surface area (Å²) in [7, 11) is -3.56. The molecule has 1 aliphatic rings. The van der Waals surface area contributed by atoms with E-state index in [1.54, 1.807) is 18.3 Å². The minimum atomic E-state index is -3.56. The first-order valence-corrected chi connectivity index (χ1v) is 10.7. The van der Waals surface area contributed by atoms with Crippen molar-refractivity contribution in [2.45, 2.75) is 38.5 Å². The number of benzene rings is 2. The van der Waals surface area contributed by atoms with Crippen LogP contribution in [-0.2, 0) is 10.0 Å². The van der Waals surface area contributed by atoms with Crippen LogP contribution in [0.25, 0.3) is 0 Å². The zero-order chi connectivity index (χ0) is 20.3. The monoisotopic (exact) mass is 399 g/mol. The number of sulfonamides is 1. The molecule has 0 radical (unpaired) electrons. The molecule has 0 bridgehead atoms. The quantitative estimate of drug-likeness (QED) is 0.620. The lowest BCUT2D eigenvalue weighted by Crippen LogP contribution is -2.28. The van der Waals surface area contributed by atoms with Gasteiger partial charge in [0.25, 0.3) is 5.91 Å². The van der Waals surface area contributed by atoms with Crippen molar-refractivity contribution >= 4 is 22.1 Å². The summed E-state index contributed by atoms with van der Waals surface area (Å²) in [6, 6.07) is 10.2. The highest BCUT2D eigenvalue weighted by molar-refractivity contribution is 7.89. The summed E-state index contributed by atoms with van der Waals surface area (Å²) in [5, 5.41) is 4.05. The molecule has 28 heavy (non-hydrogen) atoms. The summed E-state index contributed by atoms with van der Waals surface area (Å²) >= 11 is 0. The van der Waals surface area contributed by atoms with Crippen LogP contribution in [-0.4, -0.2) is 37.9 Å². The smallest absolute Gasteiger partial charge is 0.267 e. The minimum Gasteiger partial charge on any atom is -0.267 e. The standard InChI is InChI=1S/C21H25N3O3S/c1-15-11-16(2)20(17(3)12-15)14-22-23-21(25)18-7-6-8-19(13-18)28(26,27)24-9-4-5-10-24/h6-8,11-14H,4-5,9-10H2,1-3H3,(H,23,25). The number of rotatable bonds is 5. The van der Waals surface area contributed by atoms with Crippen LogP contribution >= 0.6 is 0 Å². The molecule has 2 aromatic carbocycles. The van der Waals surface area contributed by atoms with E-state index < -0.39 is 15.9 Å². The van der Waals surface area contributed by atoms with Gasteiger partial charge in [0.2, 0.25) is 10.0 Å². The molecule has 148 valence electrons. The highest BCUT2D eigenvalue weighted by Gasteiger charge is 2.27. The Morgan fingerprint density at radius 3 is 2.36 bits per heavy atom. The van der Waals surface area contributed by atoms with Gasteiger partial charge in [0.15, 0.2) is 0 Å². The summed E-state index contributed by atoms with van der Waals surface area (Å²) < 4.78 is 26.8. The highest BCUT2D eigenvalue weighted by Crippen LogP contribution is 2.21. The molecule has 1 fully saturated rings. The molecule has 0 aromatic heterocycles. The van der Waals surface area contributed by atoms with Crippen molar-refractivity contribution in [2.75, 3.05) is 13.1 Å². The molecule has 1 aliphatic heterocycles. The van der Waals surface area contributed by atoms with Crippen LogP contribution in [0.1, 0.15) is 45.5 Å². The zero-order valence-corrected chi connectivity index (χ0v) is 17.2. The van der Waals surface area contributed by atoms with Gasteiger partial charge in [-0.25, -0.2) is 13.8 Å². The van der Waals surface area contributed by atoms with Crippen molar-refractivity contribution in [1.29, 1.82) is 0 Å². The number of nitrogens with zero attached hydrogens (tertiary/aromatic N) is 2. The second kappa shape index (κ2) is 8.24. The molecule has 1 amide bonds. The van der Waals surface area contributed by atoms with Crippen molar-refractivity contribution in [3.05, 3.63) is 64.2 Å². The Kier molecular flexibility index (Phi) is 5.96. The van der Waals surface area contributed by atoms with Crippen LogP contribution in [0, 0.1) is 20.8 Å². The maximum Gasteiger partial charge on any atom is 0.271 e. The molecule has 1 heterocycles. The van der Waals surface area contributed by atoms with Crippen molar-refractivity contribution in [2.24, 2.45) is 5.10 Å². The lowest BCUT2D eigenvalue weighted by Gasteiger charge is -2.15. The molecule has 0 atom stereocenters. The fourth-order valence-electron chi connectivity index (χ4n) is 3.49. The van der Waals surface area contributed by atoms with Crippen molar-refractivity contribution < 1.29 is 13.2 Å². The number of carbonyl (C=O) groups excluding carboxylic acids is 1. The van der Waals surface area contributed by atoms with Crippen LogP contribution in [0.4, 0.5) is 0 Å². The maximum absolute atomic E-state index is 12.7. The molecule has 0 unspecified atom stereocenters. The van der Waals surface area contributed by atoms with E-state index in [-0.39, 0.29) is 10.5 Å². The number of hydrazone groups is 1. The van der Waals surface area contributed by atoms with Crippen LogP contribution < -0.4 is 5.43 Å². The lowest BCUT2D eigenvalue weighted by atomic mass is 10.0. The molecule has 7 heteroatoms. The average Bonchev–Trinajstić information content (AvgIpc) is 3.19. The largest absolute Gasteiger partial charge is 0.271 e. The van der Waals surface area contributed by atoms with Crippen molar-refractivity contribution in [3.63, 3.8) is 0 Å². The minimum absolute atomic E-state index is 0.135. The van der Waals surface area contributed by atoms with Gasteiger partial charge in [-0.3, -0.25) is 4.79 Å². The number of amides is 1. The Hall–Kier alpha value is -2.51. The number of hydrogen-bond donors (Lipinski definition) is 1. The van der Waals surface area contributed by atoms with Crippen LogP contribution in [0.2, 0.25) is 0 Å². The third-order valence-electron chi connectivity index (χ3n) is 4.90. The number of nitrogens with one attached hydrogen (secondary N) is 1. The molecule has 0 spiro atoms. The summed E-state index contributed by atoms with van der Waals surface area (Å²) in [4.78, 5) is 12.6. The van der Waals surface area contributed by atoms with Crippen LogP contribution in [0.5, 0.6) is 0 Å². The predicted octanol–water partition coefficient (Wildman–Crippen LogP) is 3.16. The van der Waals surface area contributed by atoms with E-state index in [1.807, 2.05) is 20.8 Å². The fraction of sp³-hybridized carbons (Fsp3) is 0.333. The zero-order valence-electron chi connectivity index (χ0n) is 16.4. The van der Waals surface area contributed by atoms with E-state index in [9.17, 15) is 13.2 Å². The Morgan fingerprint density at radius 2 is 1.71 bits per heavy atom. The molecule has 0 saturated carbocycles. The Balaban J connectivity index is 1.75. The summed E-state index contributed by atoms with van der Waals surface area (Å²) in [6.07, 6.45) is 3.35. The average molecular weight is 400 g/mol. The van der Waals surface area contributed by atoms with Gasteiger partial charge in [0.1, 0.15) is 0 Å². The molecular weight excluding hydrogens is 374 g/mol. The second-order valence-corrected chi connectivity index (χ2v) is 9.09. The summed E-state index contributed by atoms with van der Waals surface area (Å²) in [6.45, 7) is 7.08. The topological polar surface area (TPSA) is 78.8 Å². The molecule has 6 nitrogen and oxygen atoms in total. The van der Waals surface area contributed by atoms with E-state index in [1.165, 1.54) is 22.0 Å². The van der Waals surface area contributed by atoms with E-state index in [4.69, 9.17) is 0 Å². The van der Waals surface area contributed by atoms with E-state index in [0.717, 1.165) is 29.5 Å². The van der Waals surface area contributed by atoms with Crippen LogP contribution in [0.15, 0.2) is 46.4 Å². The van der Waals surface area contributed by atoms with E-state index >= 15 is 0 Å². The van der Waals surface area contributed by atoms with Crippen LogP contribution in [0.3, 0.4) is 0 Å². The van der Waals surface area contributed by atoms with Gasteiger partial charge in [-0.15, -0.1) is 0 Å². The first kappa shape index (κ1) is 20.2. The van der Waals surface area contributed by atoms with Gasteiger partial charge in [0, 0.05) is 24.2 Å². The van der Waals surface area contributed by atoms with Crippen molar-refractivity contribution in [3.8, 4) is 0 Å². The number of aryl methyl sites for hydroxylation is 3. The summed E-state index contributed by atoms with van der Waals surface area (Å²) in [5.74, 6) is -0.447. The van der Waals surface area contributed by atoms with Gasteiger partial charge in [-0.05, 0) is 62.9 Å². The molecule has 1 N–H and O–H groups in total. The normalized spacial score (nSPS) is 15.2. The van der Waals surface area contributed by atoms with Gasteiger partial charge in [-0.2, -0.15) is 9.41 Å². The second-order valence-electron chi connectivity index (χ2n) is 7.15. The Morgan fingerprint density at radius 1 is 1.07 bits per heavy atom. The summed E-state index contributed by atoms with van der Waals surface area (Å²) in [5.41, 5.74) is 7.03. The third-order valence-corrected chi connectivity index (χ3v) is 6.79. The fourth-order valence-corrected chi connectivity index (χ4v) is 5.05. The third kappa shape index (κ3) is 4.31. The number of hydrogen-bond acceptors (Lipinski definition) is 4. The first-order chi connectivity index (χ1) is 13.3. The molecule has 0 aliphatic carbocycles. The van der Waals surface area contributed by atoms with E-state index in [0.29, 0.717) is 13.1 Å².